The van der Waals surface area contributed by atoms with Crippen molar-refractivity contribution in [3.05, 3.63) is 35.9 Å². The molecule has 4 rings (SSSR count). The number of carbonyl (C=O) groups excluding carboxylic acids is 2. The average molecular weight is 526 g/mol. The zero-order valence-electron chi connectivity index (χ0n) is 24.4. The average Bonchev–Trinajstić information content (AvgIpc) is 3.11. The number of nitrogens with one attached hydrogen (secondary N) is 1. The molecule has 212 valence electrons. The number of hydrogen-bond donors (Lipinski definition) is 2. The summed E-state index contributed by atoms with van der Waals surface area (Å²) in [5.74, 6) is 1.95. The van der Waals surface area contributed by atoms with Gasteiger partial charge in [0.05, 0.1) is 12.1 Å². The molecule has 2 saturated heterocycles. The number of fused-ring (bicyclic) bond motifs is 1. The smallest absolute Gasteiger partial charge is 0.237 e. The highest BCUT2D eigenvalue weighted by atomic mass is 16.3. The number of piperidine rings is 1. The summed E-state index contributed by atoms with van der Waals surface area (Å²) in [5, 5.41) is 14.6. The van der Waals surface area contributed by atoms with Crippen molar-refractivity contribution in [2.75, 3.05) is 19.6 Å². The Hall–Kier alpha value is -1.92. The van der Waals surface area contributed by atoms with Crippen LogP contribution >= 0.6 is 0 Å². The van der Waals surface area contributed by atoms with Gasteiger partial charge in [-0.05, 0) is 76.2 Å². The van der Waals surface area contributed by atoms with Crippen LogP contribution in [0.4, 0.5) is 0 Å². The second kappa shape index (κ2) is 12.5. The lowest BCUT2D eigenvalue weighted by Crippen LogP contribution is -2.59. The van der Waals surface area contributed by atoms with Gasteiger partial charge in [-0.3, -0.25) is 14.5 Å². The van der Waals surface area contributed by atoms with E-state index >= 15 is 0 Å². The fourth-order valence-corrected chi connectivity index (χ4v) is 7.24. The summed E-state index contributed by atoms with van der Waals surface area (Å²) >= 11 is 0. The summed E-state index contributed by atoms with van der Waals surface area (Å²) < 4.78 is 0. The first-order valence-electron chi connectivity index (χ1n) is 15.1. The van der Waals surface area contributed by atoms with Gasteiger partial charge in [-0.1, -0.05) is 63.4 Å². The molecular weight excluding hydrogens is 474 g/mol. The molecule has 1 saturated carbocycles. The zero-order chi connectivity index (χ0) is 27.4. The van der Waals surface area contributed by atoms with Gasteiger partial charge in [0.25, 0.3) is 0 Å². The third-order valence-corrected chi connectivity index (χ3v) is 8.86. The molecule has 2 aliphatic heterocycles. The van der Waals surface area contributed by atoms with Crippen LogP contribution < -0.4 is 5.32 Å². The van der Waals surface area contributed by atoms with Crippen LogP contribution in [0.5, 0.6) is 0 Å². The molecule has 6 atom stereocenters. The number of rotatable bonds is 9. The van der Waals surface area contributed by atoms with E-state index in [1.54, 1.807) is 0 Å². The number of likely N-dealkylation sites (tertiary alicyclic amines) is 2. The van der Waals surface area contributed by atoms with E-state index < -0.39 is 6.10 Å². The Morgan fingerprint density at radius 3 is 2.39 bits per heavy atom. The monoisotopic (exact) mass is 525 g/mol. The third kappa shape index (κ3) is 7.59. The van der Waals surface area contributed by atoms with E-state index in [2.05, 4.69) is 48.3 Å². The summed E-state index contributed by atoms with van der Waals surface area (Å²) in [7, 11) is 0. The van der Waals surface area contributed by atoms with Crippen molar-refractivity contribution >= 4 is 11.8 Å². The number of carbonyl (C=O) groups is 2. The molecule has 3 unspecified atom stereocenters. The van der Waals surface area contributed by atoms with Gasteiger partial charge in [0, 0.05) is 37.1 Å². The summed E-state index contributed by atoms with van der Waals surface area (Å²) in [5.41, 5.74) is 0.941. The third-order valence-electron chi connectivity index (χ3n) is 8.86. The van der Waals surface area contributed by atoms with Gasteiger partial charge in [-0.2, -0.15) is 0 Å². The Labute approximate surface area is 230 Å². The fraction of sp³-hybridized carbons (Fsp3) is 0.750. The highest BCUT2D eigenvalue weighted by Crippen LogP contribution is 2.39. The molecule has 3 aliphatic rings. The molecule has 1 aromatic rings. The van der Waals surface area contributed by atoms with Crippen molar-refractivity contribution in [3.8, 4) is 0 Å². The topological polar surface area (TPSA) is 72.9 Å². The molecule has 0 bridgehead atoms. The standard InChI is InChI=1S/C32H51N3O3/c1-22(2)15-26-17-27(16-23-11-7-6-8-12-23)35(31(26)38)21-28(36)20-34-19-25-14-10-9-13-24(25)18-29(34)30(37)33-32(3,4)5/h6-8,11-12,22,24-29,36H,9-10,13-21H2,1-5H3,(H,33,37)/t24-,25+,26?,27-,28?,29?/m0/s1. The van der Waals surface area contributed by atoms with E-state index in [4.69, 9.17) is 0 Å². The number of amides is 2. The second-order valence-corrected chi connectivity index (χ2v) is 13.8. The van der Waals surface area contributed by atoms with Crippen LogP contribution in [-0.4, -0.2) is 70.1 Å². The van der Waals surface area contributed by atoms with E-state index in [9.17, 15) is 14.7 Å². The molecule has 1 aromatic carbocycles. The Bertz CT molecular complexity index is 928. The maximum atomic E-state index is 13.5. The molecule has 0 aromatic heterocycles. The van der Waals surface area contributed by atoms with Crippen LogP contribution in [0.3, 0.4) is 0 Å². The van der Waals surface area contributed by atoms with E-state index in [0.717, 1.165) is 32.2 Å². The highest BCUT2D eigenvalue weighted by Gasteiger charge is 2.43. The van der Waals surface area contributed by atoms with Crippen molar-refractivity contribution in [1.82, 2.24) is 15.1 Å². The quantitative estimate of drug-likeness (QED) is 0.492. The Morgan fingerprint density at radius 2 is 1.74 bits per heavy atom. The van der Waals surface area contributed by atoms with Gasteiger partial charge in [-0.25, -0.2) is 0 Å². The molecule has 2 heterocycles. The molecule has 3 fully saturated rings. The molecule has 2 amide bonds. The number of aliphatic hydroxyl groups is 1. The molecule has 1 aliphatic carbocycles. The van der Waals surface area contributed by atoms with Crippen LogP contribution in [0.1, 0.15) is 85.1 Å². The summed E-state index contributed by atoms with van der Waals surface area (Å²) in [6, 6.07) is 10.3. The van der Waals surface area contributed by atoms with Crippen molar-refractivity contribution in [2.45, 2.75) is 110 Å². The van der Waals surface area contributed by atoms with Crippen molar-refractivity contribution in [3.63, 3.8) is 0 Å². The molecular formula is C32H51N3O3. The van der Waals surface area contributed by atoms with E-state index in [0.29, 0.717) is 30.8 Å². The van der Waals surface area contributed by atoms with Crippen LogP contribution in [0, 0.1) is 23.7 Å². The molecule has 6 nitrogen and oxygen atoms in total. The first-order chi connectivity index (χ1) is 18.0. The van der Waals surface area contributed by atoms with E-state index in [1.165, 1.54) is 31.2 Å². The Kier molecular flexibility index (Phi) is 9.57. The van der Waals surface area contributed by atoms with Gasteiger partial charge >= 0.3 is 0 Å². The molecule has 0 radical (unpaired) electrons. The second-order valence-electron chi connectivity index (χ2n) is 13.8. The predicted molar refractivity (Wildman–Crippen MR) is 153 cm³/mol. The SMILES string of the molecule is CC(C)CC1C[C@H](Cc2ccccc2)N(CC(O)CN2C[C@H]3CCCC[C@H]3CC2C(=O)NC(C)(C)C)C1=O. The lowest BCUT2D eigenvalue weighted by atomic mass is 9.72. The predicted octanol–water partition coefficient (Wildman–Crippen LogP) is 4.65. The van der Waals surface area contributed by atoms with Gasteiger partial charge in [0.2, 0.25) is 11.8 Å². The van der Waals surface area contributed by atoms with Crippen LogP contribution in [0.2, 0.25) is 0 Å². The van der Waals surface area contributed by atoms with Crippen LogP contribution in [0.15, 0.2) is 30.3 Å². The number of benzene rings is 1. The van der Waals surface area contributed by atoms with Crippen LogP contribution in [0.25, 0.3) is 0 Å². The Balaban J connectivity index is 1.46. The van der Waals surface area contributed by atoms with Gasteiger partial charge in [0.15, 0.2) is 0 Å². The van der Waals surface area contributed by atoms with Crippen molar-refractivity contribution < 1.29 is 14.7 Å². The lowest BCUT2D eigenvalue weighted by Gasteiger charge is -2.46. The lowest BCUT2D eigenvalue weighted by molar-refractivity contribution is -0.136. The minimum Gasteiger partial charge on any atom is -0.390 e. The zero-order valence-corrected chi connectivity index (χ0v) is 24.4. The van der Waals surface area contributed by atoms with Crippen molar-refractivity contribution in [1.29, 1.82) is 0 Å². The Morgan fingerprint density at radius 1 is 1.05 bits per heavy atom. The van der Waals surface area contributed by atoms with Crippen molar-refractivity contribution in [2.24, 2.45) is 23.7 Å². The first kappa shape index (κ1) is 29.1. The molecule has 38 heavy (non-hydrogen) atoms. The van der Waals surface area contributed by atoms with Gasteiger partial charge in [-0.15, -0.1) is 0 Å². The van der Waals surface area contributed by atoms with E-state index in [-0.39, 0.29) is 35.4 Å². The van der Waals surface area contributed by atoms with E-state index in [1.807, 2.05) is 31.7 Å². The van der Waals surface area contributed by atoms with Gasteiger partial charge < -0.3 is 15.3 Å². The van der Waals surface area contributed by atoms with Gasteiger partial charge in [0.1, 0.15) is 0 Å². The summed E-state index contributed by atoms with van der Waals surface area (Å²) in [4.78, 5) is 31.1. The normalized spacial score (nSPS) is 29.4. The minimum absolute atomic E-state index is 0.0270. The maximum absolute atomic E-state index is 13.5. The maximum Gasteiger partial charge on any atom is 0.237 e. The largest absolute Gasteiger partial charge is 0.390 e. The summed E-state index contributed by atoms with van der Waals surface area (Å²) in [6.07, 6.45) is 7.69. The first-order valence-corrected chi connectivity index (χ1v) is 15.1. The number of aliphatic hydroxyl groups excluding tert-OH is 1. The number of hydrogen-bond acceptors (Lipinski definition) is 4. The molecule has 6 heteroatoms. The summed E-state index contributed by atoms with van der Waals surface area (Å²) in [6.45, 7) is 12.1. The van der Waals surface area contributed by atoms with Crippen LogP contribution in [-0.2, 0) is 16.0 Å². The molecule has 0 spiro atoms. The number of nitrogens with zero attached hydrogens (tertiary/aromatic N) is 2. The molecule has 2 N–H and O–H groups in total. The fourth-order valence-electron chi connectivity index (χ4n) is 7.24. The highest BCUT2D eigenvalue weighted by molar-refractivity contribution is 5.83. The number of β-amino-alcohol motifs (C(OH)–C–C–N with tert-alkyl or cyclic N) is 1. The minimum atomic E-state index is -0.680.